The smallest absolute Gasteiger partial charge is 0.269 e. The molecule has 0 fully saturated rings. The molecular weight excluding hydrogens is 188 g/mol. The Morgan fingerprint density at radius 1 is 1.27 bits per heavy atom. The van der Waals surface area contributed by atoms with E-state index in [9.17, 15) is 4.79 Å². The Morgan fingerprint density at radius 3 is 2.27 bits per heavy atom. The number of aryl methyl sites for hydroxylation is 1. The quantitative estimate of drug-likeness (QED) is 0.817. The van der Waals surface area contributed by atoms with Crippen molar-refractivity contribution in [3.63, 3.8) is 0 Å². The molecule has 15 heavy (non-hydrogen) atoms. The maximum Gasteiger partial charge on any atom is 0.269 e. The van der Waals surface area contributed by atoms with E-state index < -0.39 is 0 Å². The lowest BCUT2D eigenvalue weighted by atomic mass is 9.88. The van der Waals surface area contributed by atoms with Crippen molar-refractivity contribution in [2.45, 2.75) is 59.4 Å². The van der Waals surface area contributed by atoms with Gasteiger partial charge in [-0.3, -0.25) is 14.6 Å². The summed E-state index contributed by atoms with van der Waals surface area (Å²) in [4.78, 5) is 12.0. The maximum atomic E-state index is 12.0. The van der Waals surface area contributed by atoms with Gasteiger partial charge in [-0.1, -0.05) is 34.1 Å². The highest BCUT2D eigenvalue weighted by atomic mass is 16.1. The minimum absolute atomic E-state index is 0.0179. The summed E-state index contributed by atoms with van der Waals surface area (Å²) in [5.74, 6) is 0. The van der Waals surface area contributed by atoms with E-state index >= 15 is 0 Å². The van der Waals surface area contributed by atoms with Gasteiger partial charge in [-0.15, -0.1) is 0 Å². The summed E-state index contributed by atoms with van der Waals surface area (Å²) < 4.78 is 1.70. The highest BCUT2D eigenvalue weighted by Gasteiger charge is 2.23. The second kappa shape index (κ2) is 4.25. The highest BCUT2D eigenvalue weighted by molar-refractivity contribution is 5.24. The largest absolute Gasteiger partial charge is 0.299 e. The van der Waals surface area contributed by atoms with E-state index in [0.29, 0.717) is 6.54 Å². The van der Waals surface area contributed by atoms with Crippen LogP contribution in [-0.4, -0.2) is 9.78 Å². The lowest BCUT2D eigenvalue weighted by Crippen LogP contribution is -2.18. The van der Waals surface area contributed by atoms with Gasteiger partial charge in [-0.2, -0.15) is 0 Å². The Hall–Kier alpha value is -0.990. The summed E-state index contributed by atoms with van der Waals surface area (Å²) in [7, 11) is 0. The minimum atomic E-state index is 0.0179. The average molecular weight is 210 g/mol. The van der Waals surface area contributed by atoms with Gasteiger partial charge >= 0.3 is 0 Å². The number of hydrogen-bond donors (Lipinski definition) is 1. The van der Waals surface area contributed by atoms with Crippen LogP contribution in [0.4, 0.5) is 0 Å². The first kappa shape index (κ1) is 12.1. The average Bonchev–Trinajstić information content (AvgIpc) is 2.44. The van der Waals surface area contributed by atoms with Crippen molar-refractivity contribution in [2.24, 2.45) is 0 Å². The van der Waals surface area contributed by atoms with Gasteiger partial charge in [-0.05, 0) is 13.3 Å². The predicted octanol–water partition coefficient (Wildman–Crippen LogP) is 2.45. The number of hydrogen-bond acceptors (Lipinski definition) is 1. The van der Waals surface area contributed by atoms with Crippen LogP contribution in [-0.2, 0) is 18.4 Å². The zero-order valence-electron chi connectivity index (χ0n) is 10.5. The predicted molar refractivity (Wildman–Crippen MR) is 63.4 cm³/mol. The first-order valence-corrected chi connectivity index (χ1v) is 5.74. The minimum Gasteiger partial charge on any atom is -0.299 e. The van der Waals surface area contributed by atoms with Crippen LogP contribution in [0.25, 0.3) is 0 Å². The number of aromatic nitrogens is 2. The summed E-state index contributed by atoms with van der Waals surface area (Å²) in [5.41, 5.74) is 2.23. The third kappa shape index (κ3) is 2.33. The normalized spacial score (nSPS) is 12.1. The molecule has 0 atom stereocenters. The summed E-state index contributed by atoms with van der Waals surface area (Å²) in [5, 5.41) is 3.23. The third-order valence-electron chi connectivity index (χ3n) is 2.62. The molecule has 86 valence electrons. The molecule has 1 rings (SSSR count). The lowest BCUT2D eigenvalue weighted by molar-refractivity contribution is 0.535. The summed E-state index contributed by atoms with van der Waals surface area (Å²) >= 11 is 0. The Labute approximate surface area is 91.5 Å². The van der Waals surface area contributed by atoms with Gasteiger partial charge in [-0.25, -0.2) is 0 Å². The molecule has 0 aliphatic carbocycles. The number of nitrogens with zero attached hydrogens (tertiary/aromatic N) is 1. The fourth-order valence-electron chi connectivity index (χ4n) is 1.85. The molecule has 0 saturated heterocycles. The van der Waals surface area contributed by atoms with Gasteiger partial charge < -0.3 is 0 Å². The zero-order chi connectivity index (χ0) is 11.6. The molecular formula is C12H22N2O. The number of nitrogens with one attached hydrogen (secondary N) is 1. The molecule has 0 aliphatic heterocycles. The molecule has 3 nitrogen and oxygen atoms in total. The Kier molecular flexibility index (Phi) is 3.42. The Balaban J connectivity index is 3.31. The van der Waals surface area contributed by atoms with Gasteiger partial charge in [0.05, 0.1) is 0 Å². The summed E-state index contributed by atoms with van der Waals surface area (Å²) in [6.45, 7) is 11.2. The molecule has 1 aromatic heterocycles. The Bertz CT molecular complexity index is 379. The topological polar surface area (TPSA) is 37.8 Å². The first-order valence-electron chi connectivity index (χ1n) is 5.74. The van der Waals surface area contributed by atoms with Crippen LogP contribution in [0.15, 0.2) is 4.79 Å². The van der Waals surface area contributed by atoms with Crippen molar-refractivity contribution < 1.29 is 0 Å². The van der Waals surface area contributed by atoms with Crippen LogP contribution >= 0.6 is 0 Å². The van der Waals surface area contributed by atoms with E-state index in [-0.39, 0.29) is 11.0 Å². The van der Waals surface area contributed by atoms with Gasteiger partial charge in [0.1, 0.15) is 0 Å². The van der Waals surface area contributed by atoms with E-state index in [0.717, 1.165) is 24.1 Å². The SMILES string of the molecule is CCCc1c(C(C)(C)C)[nH]n(CC)c1=O. The molecule has 0 amide bonds. The van der Waals surface area contributed by atoms with Crippen LogP contribution < -0.4 is 5.56 Å². The van der Waals surface area contributed by atoms with E-state index in [1.807, 2.05) is 6.92 Å². The zero-order valence-corrected chi connectivity index (χ0v) is 10.5. The molecule has 0 unspecified atom stereocenters. The second-order valence-electron chi connectivity index (χ2n) is 5.01. The summed E-state index contributed by atoms with van der Waals surface area (Å²) in [6, 6.07) is 0. The van der Waals surface area contributed by atoms with Crippen LogP contribution in [0.5, 0.6) is 0 Å². The van der Waals surface area contributed by atoms with E-state index in [2.05, 4.69) is 32.8 Å². The van der Waals surface area contributed by atoms with Crippen molar-refractivity contribution in [1.82, 2.24) is 9.78 Å². The van der Waals surface area contributed by atoms with Gasteiger partial charge in [0.2, 0.25) is 0 Å². The standard InChI is InChI=1S/C12H22N2O/c1-6-8-9-10(12(3,4)5)13-14(7-2)11(9)15/h13H,6-8H2,1-5H3. The molecule has 0 aliphatic rings. The molecule has 0 spiro atoms. The van der Waals surface area contributed by atoms with Crippen molar-refractivity contribution in [3.05, 3.63) is 21.6 Å². The number of H-pyrrole nitrogens is 1. The van der Waals surface area contributed by atoms with Crippen LogP contribution in [0, 0.1) is 0 Å². The molecule has 0 bridgehead atoms. The fraction of sp³-hybridized carbons (Fsp3) is 0.750. The molecule has 3 heteroatoms. The molecule has 1 heterocycles. The highest BCUT2D eigenvalue weighted by Crippen LogP contribution is 2.22. The van der Waals surface area contributed by atoms with Crippen molar-refractivity contribution >= 4 is 0 Å². The Morgan fingerprint density at radius 2 is 1.87 bits per heavy atom. The molecule has 0 radical (unpaired) electrons. The van der Waals surface area contributed by atoms with E-state index in [4.69, 9.17) is 0 Å². The van der Waals surface area contributed by atoms with Gasteiger partial charge in [0.15, 0.2) is 0 Å². The molecule has 0 aromatic carbocycles. The monoisotopic (exact) mass is 210 g/mol. The van der Waals surface area contributed by atoms with Crippen LogP contribution in [0.1, 0.15) is 52.3 Å². The number of rotatable bonds is 3. The summed E-state index contributed by atoms with van der Waals surface area (Å²) in [6.07, 6.45) is 1.88. The maximum absolute atomic E-state index is 12.0. The third-order valence-corrected chi connectivity index (χ3v) is 2.62. The van der Waals surface area contributed by atoms with E-state index in [1.54, 1.807) is 4.68 Å². The first-order chi connectivity index (χ1) is 6.91. The van der Waals surface area contributed by atoms with Gasteiger partial charge in [0.25, 0.3) is 5.56 Å². The van der Waals surface area contributed by atoms with Crippen molar-refractivity contribution in [2.75, 3.05) is 0 Å². The van der Waals surface area contributed by atoms with Gasteiger partial charge in [0, 0.05) is 23.2 Å². The van der Waals surface area contributed by atoms with Crippen LogP contribution in [0.2, 0.25) is 0 Å². The number of aromatic amines is 1. The molecule has 1 N–H and O–H groups in total. The molecule has 1 aromatic rings. The molecule has 0 saturated carbocycles. The van der Waals surface area contributed by atoms with E-state index in [1.165, 1.54) is 0 Å². The van der Waals surface area contributed by atoms with Crippen molar-refractivity contribution in [1.29, 1.82) is 0 Å². The fourth-order valence-corrected chi connectivity index (χ4v) is 1.85. The van der Waals surface area contributed by atoms with Crippen LogP contribution in [0.3, 0.4) is 0 Å². The lowest BCUT2D eigenvalue weighted by Gasteiger charge is -2.18. The van der Waals surface area contributed by atoms with Crippen molar-refractivity contribution in [3.8, 4) is 0 Å². The second-order valence-corrected chi connectivity index (χ2v) is 5.01.